The third-order valence-electron chi connectivity index (χ3n) is 3.24. The van der Waals surface area contributed by atoms with Crippen LogP contribution in [0.15, 0.2) is 30.3 Å². The number of alkyl halides is 3. The van der Waals surface area contributed by atoms with Crippen LogP contribution in [-0.4, -0.2) is 7.05 Å². The highest BCUT2D eigenvalue weighted by Gasteiger charge is 2.34. The Hall–Kier alpha value is -1.40. The summed E-state index contributed by atoms with van der Waals surface area (Å²) in [6, 6.07) is 6.65. The molecule has 1 aromatic heterocycles. The van der Waals surface area contributed by atoms with Crippen LogP contribution >= 0.6 is 11.3 Å². The van der Waals surface area contributed by atoms with Gasteiger partial charge in [0, 0.05) is 9.75 Å². The van der Waals surface area contributed by atoms with Crippen molar-refractivity contribution in [2.24, 2.45) is 0 Å². The molecule has 2 aromatic rings. The molecule has 0 spiro atoms. The highest BCUT2D eigenvalue weighted by Crippen LogP contribution is 2.34. The third-order valence-corrected chi connectivity index (χ3v) is 4.53. The van der Waals surface area contributed by atoms with E-state index < -0.39 is 17.6 Å². The van der Waals surface area contributed by atoms with Crippen LogP contribution in [0.4, 0.5) is 17.6 Å². The molecule has 0 aliphatic heterocycles. The first-order valence-corrected chi connectivity index (χ1v) is 7.31. The topological polar surface area (TPSA) is 12.0 Å². The van der Waals surface area contributed by atoms with Crippen molar-refractivity contribution in [3.63, 3.8) is 0 Å². The summed E-state index contributed by atoms with van der Waals surface area (Å²) in [5, 5.41) is 3.02. The molecule has 114 valence electrons. The zero-order valence-electron chi connectivity index (χ0n) is 11.6. The highest BCUT2D eigenvalue weighted by molar-refractivity contribution is 7.12. The van der Waals surface area contributed by atoms with Crippen molar-refractivity contribution in [2.45, 2.75) is 25.6 Å². The van der Waals surface area contributed by atoms with Gasteiger partial charge >= 0.3 is 6.18 Å². The summed E-state index contributed by atoms with van der Waals surface area (Å²) in [5.74, 6) is -1.24. The van der Waals surface area contributed by atoms with E-state index in [0.29, 0.717) is 5.56 Å². The van der Waals surface area contributed by atoms with Crippen molar-refractivity contribution in [2.75, 3.05) is 7.05 Å². The number of benzene rings is 1. The first kappa shape index (κ1) is 16.0. The Balaban J connectivity index is 2.37. The van der Waals surface area contributed by atoms with Gasteiger partial charge in [0.25, 0.3) is 0 Å². The minimum absolute atomic E-state index is 0.313. The van der Waals surface area contributed by atoms with Crippen LogP contribution in [-0.2, 0) is 12.6 Å². The second-order valence-electron chi connectivity index (χ2n) is 4.62. The van der Waals surface area contributed by atoms with Crippen molar-refractivity contribution in [1.82, 2.24) is 5.32 Å². The molecule has 0 aliphatic rings. The molecule has 0 radical (unpaired) electrons. The largest absolute Gasteiger partial charge is 0.419 e. The molecule has 1 nitrogen and oxygen atoms in total. The predicted octanol–water partition coefficient (Wildman–Crippen LogP) is 4.78. The van der Waals surface area contributed by atoms with E-state index in [1.54, 1.807) is 18.4 Å². The van der Waals surface area contributed by atoms with E-state index in [1.807, 2.05) is 19.1 Å². The van der Waals surface area contributed by atoms with Gasteiger partial charge in [0.15, 0.2) is 0 Å². The van der Waals surface area contributed by atoms with Crippen molar-refractivity contribution in [3.05, 3.63) is 57.0 Å². The van der Waals surface area contributed by atoms with E-state index in [9.17, 15) is 17.6 Å². The fourth-order valence-electron chi connectivity index (χ4n) is 2.15. The van der Waals surface area contributed by atoms with Gasteiger partial charge < -0.3 is 5.32 Å². The zero-order valence-corrected chi connectivity index (χ0v) is 12.4. The number of aryl methyl sites for hydroxylation is 1. The molecule has 1 N–H and O–H groups in total. The van der Waals surface area contributed by atoms with Crippen LogP contribution in [0.1, 0.15) is 33.8 Å². The van der Waals surface area contributed by atoms with Gasteiger partial charge in [-0.1, -0.05) is 13.0 Å². The maximum absolute atomic E-state index is 13.7. The van der Waals surface area contributed by atoms with E-state index in [4.69, 9.17) is 0 Å². The lowest BCUT2D eigenvalue weighted by molar-refractivity contribution is -0.140. The molecule has 1 unspecified atom stereocenters. The highest BCUT2D eigenvalue weighted by atomic mass is 32.1. The van der Waals surface area contributed by atoms with Crippen molar-refractivity contribution in [1.29, 1.82) is 0 Å². The lowest BCUT2D eigenvalue weighted by Crippen LogP contribution is -2.17. The van der Waals surface area contributed by atoms with Crippen LogP contribution in [0.2, 0.25) is 0 Å². The quantitative estimate of drug-likeness (QED) is 0.800. The van der Waals surface area contributed by atoms with Crippen LogP contribution in [0.5, 0.6) is 0 Å². The Kier molecular flexibility index (Phi) is 4.68. The van der Waals surface area contributed by atoms with E-state index in [2.05, 4.69) is 5.32 Å². The SMILES string of the molecule is CCc1ccc(C(NC)c2ccc(C(F)(F)F)c(F)c2)s1. The molecule has 0 fully saturated rings. The van der Waals surface area contributed by atoms with Gasteiger partial charge in [0.2, 0.25) is 0 Å². The summed E-state index contributed by atoms with van der Waals surface area (Å²) in [5.41, 5.74) is -0.756. The second kappa shape index (κ2) is 6.15. The standard InChI is InChI=1S/C15H15F4NS/c1-3-10-5-7-13(21-10)14(20-2)9-4-6-11(12(16)8-9)15(17,18)19/h4-8,14,20H,3H2,1-2H3. The maximum atomic E-state index is 13.7. The Morgan fingerprint density at radius 1 is 1.19 bits per heavy atom. The number of thiophene rings is 1. The number of rotatable bonds is 4. The normalized spacial score (nSPS) is 13.4. The Labute approximate surface area is 124 Å². The maximum Gasteiger partial charge on any atom is 0.419 e. The van der Waals surface area contributed by atoms with Gasteiger partial charge in [-0.2, -0.15) is 13.2 Å². The predicted molar refractivity (Wildman–Crippen MR) is 76.0 cm³/mol. The summed E-state index contributed by atoms with van der Waals surface area (Å²) in [6.07, 6.45) is -3.78. The molecule has 1 heterocycles. The zero-order chi connectivity index (χ0) is 15.6. The minimum atomic E-state index is -4.67. The molecule has 2 rings (SSSR count). The first-order valence-electron chi connectivity index (χ1n) is 6.49. The molecule has 1 atom stereocenters. The summed E-state index contributed by atoms with van der Waals surface area (Å²) in [4.78, 5) is 2.13. The third kappa shape index (κ3) is 3.44. The lowest BCUT2D eigenvalue weighted by atomic mass is 10.0. The average Bonchev–Trinajstić information content (AvgIpc) is 2.87. The molecular formula is C15H15F4NS. The van der Waals surface area contributed by atoms with Crippen LogP contribution in [0, 0.1) is 5.82 Å². The summed E-state index contributed by atoms with van der Waals surface area (Å²) < 4.78 is 51.4. The number of hydrogen-bond acceptors (Lipinski definition) is 2. The van der Waals surface area contributed by atoms with Crippen molar-refractivity contribution in [3.8, 4) is 0 Å². The molecule has 21 heavy (non-hydrogen) atoms. The molecule has 0 saturated carbocycles. The smallest absolute Gasteiger partial charge is 0.309 e. The van der Waals surface area contributed by atoms with E-state index in [0.717, 1.165) is 23.4 Å². The minimum Gasteiger partial charge on any atom is -0.309 e. The molecule has 0 saturated heterocycles. The van der Waals surface area contributed by atoms with Gasteiger partial charge in [0.1, 0.15) is 5.82 Å². The van der Waals surface area contributed by atoms with Crippen molar-refractivity contribution >= 4 is 11.3 Å². The van der Waals surface area contributed by atoms with Gasteiger partial charge in [-0.15, -0.1) is 11.3 Å². The van der Waals surface area contributed by atoms with Crippen molar-refractivity contribution < 1.29 is 17.6 Å². The lowest BCUT2D eigenvalue weighted by Gasteiger charge is -2.17. The van der Waals surface area contributed by atoms with Gasteiger partial charge in [-0.3, -0.25) is 0 Å². The molecular weight excluding hydrogens is 302 g/mol. The van der Waals surface area contributed by atoms with Crippen LogP contribution in [0.25, 0.3) is 0 Å². The van der Waals surface area contributed by atoms with Crippen LogP contribution < -0.4 is 5.32 Å². The summed E-state index contributed by atoms with van der Waals surface area (Å²) in [7, 11) is 1.70. The monoisotopic (exact) mass is 317 g/mol. The Bertz CT molecular complexity index is 618. The van der Waals surface area contributed by atoms with Crippen LogP contribution in [0.3, 0.4) is 0 Å². The number of halogens is 4. The summed E-state index contributed by atoms with van der Waals surface area (Å²) >= 11 is 1.57. The second-order valence-corrected chi connectivity index (χ2v) is 5.82. The Morgan fingerprint density at radius 3 is 2.38 bits per heavy atom. The van der Waals surface area contributed by atoms with Gasteiger partial charge in [-0.25, -0.2) is 4.39 Å². The van der Waals surface area contributed by atoms with E-state index in [1.165, 1.54) is 10.9 Å². The Morgan fingerprint density at radius 2 is 1.90 bits per heavy atom. The molecule has 0 amide bonds. The van der Waals surface area contributed by atoms with E-state index >= 15 is 0 Å². The number of nitrogens with one attached hydrogen (secondary N) is 1. The van der Waals surface area contributed by atoms with Gasteiger partial charge in [0.05, 0.1) is 11.6 Å². The molecule has 0 aliphatic carbocycles. The average molecular weight is 317 g/mol. The number of hydrogen-bond donors (Lipinski definition) is 1. The summed E-state index contributed by atoms with van der Waals surface area (Å²) in [6.45, 7) is 2.03. The molecule has 0 bridgehead atoms. The molecule has 6 heteroatoms. The van der Waals surface area contributed by atoms with E-state index in [-0.39, 0.29) is 6.04 Å². The molecule has 1 aromatic carbocycles. The first-order chi connectivity index (χ1) is 9.86. The fraction of sp³-hybridized carbons (Fsp3) is 0.333. The van der Waals surface area contributed by atoms with Gasteiger partial charge in [-0.05, 0) is 43.3 Å². The fourth-order valence-corrected chi connectivity index (χ4v) is 3.24.